The predicted octanol–water partition coefficient (Wildman–Crippen LogP) is 2.09. The highest BCUT2D eigenvalue weighted by atomic mass is 16.5. The topological polar surface area (TPSA) is 79.8 Å². The summed E-state index contributed by atoms with van der Waals surface area (Å²) in [4.78, 5) is 23.4. The minimum atomic E-state index is -0.838. The van der Waals surface area contributed by atoms with Gasteiger partial charge in [0, 0.05) is 5.69 Å². The summed E-state index contributed by atoms with van der Waals surface area (Å²) in [7, 11) is 1.58. The molecule has 0 aliphatic heterocycles. The van der Waals surface area contributed by atoms with E-state index in [1.807, 2.05) is 19.1 Å². The highest BCUT2D eigenvalue weighted by Gasteiger charge is 2.12. The number of methoxy groups -OCH3 is 1. The molecule has 23 heavy (non-hydrogen) atoms. The zero-order chi connectivity index (χ0) is 16.7. The standard InChI is InChI=1S/C17H17N3O3/c1-12-3-7-14(8-4-12)19-16(21)17(22)20-18-11-13-5-9-15(23-2)10-6-13/h3-11H,1-2H3,(H,19,21)(H,20,22)/b18-11-. The molecule has 0 saturated heterocycles. The number of hydrazone groups is 1. The van der Waals surface area contributed by atoms with Gasteiger partial charge < -0.3 is 10.1 Å². The van der Waals surface area contributed by atoms with Crippen molar-refractivity contribution in [3.05, 3.63) is 59.7 Å². The maximum atomic E-state index is 11.7. The second kappa shape index (κ2) is 7.74. The van der Waals surface area contributed by atoms with Crippen LogP contribution < -0.4 is 15.5 Å². The maximum Gasteiger partial charge on any atom is 0.329 e. The number of hydrogen-bond donors (Lipinski definition) is 2. The summed E-state index contributed by atoms with van der Waals surface area (Å²) in [5.41, 5.74) is 4.56. The molecule has 2 N–H and O–H groups in total. The first-order valence-electron chi connectivity index (χ1n) is 6.93. The average molecular weight is 311 g/mol. The van der Waals surface area contributed by atoms with Crippen LogP contribution in [0.15, 0.2) is 53.6 Å². The van der Waals surface area contributed by atoms with Crippen LogP contribution in [0.4, 0.5) is 5.69 Å². The van der Waals surface area contributed by atoms with Crippen LogP contribution in [0.3, 0.4) is 0 Å². The summed E-state index contributed by atoms with van der Waals surface area (Å²) >= 11 is 0. The summed E-state index contributed by atoms with van der Waals surface area (Å²) in [5.74, 6) is -0.889. The van der Waals surface area contributed by atoms with Crippen LogP contribution in [-0.4, -0.2) is 25.1 Å². The van der Waals surface area contributed by atoms with Gasteiger partial charge in [-0.15, -0.1) is 0 Å². The Bertz CT molecular complexity index is 707. The number of hydrogen-bond acceptors (Lipinski definition) is 4. The number of ether oxygens (including phenoxy) is 1. The Kier molecular flexibility index (Phi) is 5.46. The quantitative estimate of drug-likeness (QED) is 0.515. The fourth-order valence-electron chi connectivity index (χ4n) is 1.73. The van der Waals surface area contributed by atoms with Crippen molar-refractivity contribution in [3.63, 3.8) is 0 Å². The van der Waals surface area contributed by atoms with E-state index in [4.69, 9.17) is 4.74 Å². The Hall–Kier alpha value is -3.15. The molecule has 0 atom stereocenters. The van der Waals surface area contributed by atoms with Crippen LogP contribution in [0, 0.1) is 6.92 Å². The molecule has 2 amide bonds. The molecule has 2 aromatic rings. The summed E-state index contributed by atoms with van der Waals surface area (Å²) in [6, 6.07) is 14.2. The van der Waals surface area contributed by atoms with Gasteiger partial charge in [0.2, 0.25) is 0 Å². The second-order valence-electron chi connectivity index (χ2n) is 4.79. The average Bonchev–Trinajstić information content (AvgIpc) is 2.57. The SMILES string of the molecule is COc1ccc(/C=N\NC(=O)C(=O)Nc2ccc(C)cc2)cc1. The normalized spacial score (nSPS) is 10.3. The van der Waals surface area contributed by atoms with Crippen molar-refractivity contribution >= 4 is 23.7 Å². The van der Waals surface area contributed by atoms with E-state index in [0.717, 1.165) is 16.9 Å². The summed E-state index contributed by atoms with van der Waals surface area (Å²) in [6.07, 6.45) is 1.44. The molecule has 0 unspecified atom stereocenters. The van der Waals surface area contributed by atoms with Gasteiger partial charge in [0.15, 0.2) is 0 Å². The maximum absolute atomic E-state index is 11.7. The molecule has 0 heterocycles. The Morgan fingerprint density at radius 2 is 1.65 bits per heavy atom. The van der Waals surface area contributed by atoms with Gasteiger partial charge in [-0.3, -0.25) is 9.59 Å². The highest BCUT2D eigenvalue weighted by Crippen LogP contribution is 2.10. The lowest BCUT2D eigenvalue weighted by Gasteiger charge is -2.04. The summed E-state index contributed by atoms with van der Waals surface area (Å²) < 4.78 is 5.04. The van der Waals surface area contributed by atoms with Gasteiger partial charge in [0.05, 0.1) is 13.3 Å². The van der Waals surface area contributed by atoms with Crippen molar-refractivity contribution in [1.82, 2.24) is 5.43 Å². The molecule has 2 aromatic carbocycles. The third kappa shape index (κ3) is 4.96. The number of carbonyl (C=O) groups is 2. The fraction of sp³-hybridized carbons (Fsp3) is 0.118. The van der Waals surface area contributed by atoms with Gasteiger partial charge in [-0.05, 0) is 48.9 Å². The molecule has 6 heteroatoms. The van der Waals surface area contributed by atoms with E-state index in [9.17, 15) is 9.59 Å². The first-order chi connectivity index (χ1) is 11.1. The molecule has 0 aliphatic rings. The van der Waals surface area contributed by atoms with E-state index >= 15 is 0 Å². The highest BCUT2D eigenvalue weighted by molar-refractivity contribution is 6.39. The molecule has 0 aromatic heterocycles. The molecule has 0 spiro atoms. The molecule has 0 fully saturated rings. The van der Waals surface area contributed by atoms with Crippen LogP contribution in [0.5, 0.6) is 5.75 Å². The minimum absolute atomic E-state index is 0.551. The Morgan fingerprint density at radius 1 is 1.00 bits per heavy atom. The van der Waals surface area contributed by atoms with Crippen LogP contribution >= 0.6 is 0 Å². The van der Waals surface area contributed by atoms with Crippen molar-refractivity contribution in [2.45, 2.75) is 6.92 Å². The monoisotopic (exact) mass is 311 g/mol. The van der Waals surface area contributed by atoms with Gasteiger partial charge in [0.25, 0.3) is 0 Å². The smallest absolute Gasteiger partial charge is 0.329 e. The number of amides is 2. The van der Waals surface area contributed by atoms with E-state index in [1.165, 1.54) is 6.21 Å². The molecule has 0 aliphatic carbocycles. The number of carbonyl (C=O) groups excluding carboxylic acids is 2. The molecule has 118 valence electrons. The minimum Gasteiger partial charge on any atom is -0.497 e. The van der Waals surface area contributed by atoms with Crippen LogP contribution in [-0.2, 0) is 9.59 Å². The lowest BCUT2D eigenvalue weighted by Crippen LogP contribution is -2.32. The van der Waals surface area contributed by atoms with Crippen molar-refractivity contribution in [2.75, 3.05) is 12.4 Å². The van der Waals surface area contributed by atoms with Crippen molar-refractivity contribution in [1.29, 1.82) is 0 Å². The van der Waals surface area contributed by atoms with Gasteiger partial charge in [-0.1, -0.05) is 17.7 Å². The number of nitrogens with zero attached hydrogens (tertiary/aromatic N) is 1. The van der Waals surface area contributed by atoms with Crippen molar-refractivity contribution in [3.8, 4) is 5.75 Å². The molecular weight excluding hydrogens is 294 g/mol. The molecular formula is C17H17N3O3. The number of aryl methyl sites for hydroxylation is 1. The first-order valence-corrected chi connectivity index (χ1v) is 6.93. The third-order valence-corrected chi connectivity index (χ3v) is 3.01. The number of benzene rings is 2. The zero-order valence-electron chi connectivity index (χ0n) is 12.9. The lowest BCUT2D eigenvalue weighted by atomic mass is 10.2. The molecule has 0 radical (unpaired) electrons. The fourth-order valence-corrected chi connectivity index (χ4v) is 1.73. The Labute approximate surface area is 134 Å². The third-order valence-electron chi connectivity index (χ3n) is 3.01. The van der Waals surface area contributed by atoms with Crippen LogP contribution in [0.25, 0.3) is 0 Å². The van der Waals surface area contributed by atoms with Gasteiger partial charge in [-0.2, -0.15) is 5.10 Å². The van der Waals surface area contributed by atoms with Crippen LogP contribution in [0.2, 0.25) is 0 Å². The largest absolute Gasteiger partial charge is 0.497 e. The van der Waals surface area contributed by atoms with E-state index in [1.54, 1.807) is 43.5 Å². The zero-order valence-corrected chi connectivity index (χ0v) is 12.9. The Balaban J connectivity index is 1.86. The van der Waals surface area contributed by atoms with Crippen molar-refractivity contribution in [2.24, 2.45) is 5.10 Å². The number of anilines is 1. The second-order valence-corrected chi connectivity index (χ2v) is 4.79. The molecule has 2 rings (SSSR count). The lowest BCUT2D eigenvalue weighted by molar-refractivity contribution is -0.136. The first kappa shape index (κ1) is 16.2. The molecule has 6 nitrogen and oxygen atoms in total. The van der Waals surface area contributed by atoms with E-state index in [-0.39, 0.29) is 0 Å². The van der Waals surface area contributed by atoms with Crippen LogP contribution in [0.1, 0.15) is 11.1 Å². The summed E-state index contributed by atoms with van der Waals surface area (Å²) in [5, 5.41) is 6.24. The van der Waals surface area contributed by atoms with Gasteiger partial charge >= 0.3 is 11.8 Å². The number of rotatable bonds is 4. The van der Waals surface area contributed by atoms with E-state index in [0.29, 0.717) is 5.69 Å². The predicted molar refractivity (Wildman–Crippen MR) is 88.5 cm³/mol. The van der Waals surface area contributed by atoms with Gasteiger partial charge in [0.1, 0.15) is 5.75 Å². The van der Waals surface area contributed by atoms with Gasteiger partial charge in [-0.25, -0.2) is 5.43 Å². The van der Waals surface area contributed by atoms with Crippen molar-refractivity contribution < 1.29 is 14.3 Å². The van der Waals surface area contributed by atoms with E-state index < -0.39 is 11.8 Å². The number of nitrogens with one attached hydrogen (secondary N) is 2. The molecule has 0 bridgehead atoms. The Morgan fingerprint density at radius 3 is 2.26 bits per heavy atom. The van der Waals surface area contributed by atoms with E-state index in [2.05, 4.69) is 15.8 Å². The molecule has 0 saturated carbocycles. The summed E-state index contributed by atoms with van der Waals surface area (Å²) in [6.45, 7) is 1.94.